The third kappa shape index (κ3) is 2.28. The molecule has 0 saturated heterocycles. The molecule has 4 heteroatoms. The average Bonchev–Trinajstić information content (AvgIpc) is 2.56. The van der Waals surface area contributed by atoms with E-state index in [1.807, 2.05) is 12.1 Å². The summed E-state index contributed by atoms with van der Waals surface area (Å²) in [6, 6.07) is 7.39. The summed E-state index contributed by atoms with van der Waals surface area (Å²) in [5.74, 6) is 0.296. The van der Waals surface area contributed by atoms with Crippen LogP contribution in [0.3, 0.4) is 0 Å². The van der Waals surface area contributed by atoms with E-state index in [2.05, 4.69) is 21.0 Å². The van der Waals surface area contributed by atoms with Gasteiger partial charge >= 0.3 is 90.3 Å². The summed E-state index contributed by atoms with van der Waals surface area (Å²) in [5, 5.41) is 9.10. The van der Waals surface area contributed by atoms with Crippen LogP contribution in [0.2, 0.25) is 0 Å². The Hall–Kier alpha value is -0.991. The first-order chi connectivity index (χ1) is 6.74. The van der Waals surface area contributed by atoms with Crippen molar-refractivity contribution in [1.82, 2.24) is 0 Å². The van der Waals surface area contributed by atoms with Gasteiger partial charge in [0, 0.05) is 0 Å². The van der Waals surface area contributed by atoms with E-state index in [9.17, 15) is 0 Å². The van der Waals surface area contributed by atoms with Crippen molar-refractivity contribution in [2.75, 3.05) is 6.61 Å². The van der Waals surface area contributed by atoms with Gasteiger partial charge in [-0.2, -0.15) is 0 Å². The monoisotopic (exact) mass is 256 g/mol. The van der Waals surface area contributed by atoms with Crippen molar-refractivity contribution in [3.8, 4) is 5.75 Å². The van der Waals surface area contributed by atoms with Crippen molar-refractivity contribution < 1.29 is 9.84 Å². The molecule has 0 saturated carbocycles. The van der Waals surface area contributed by atoms with Gasteiger partial charge in [0.05, 0.1) is 0 Å². The number of phenols is 1. The predicted octanol–water partition coefficient (Wildman–Crippen LogP) is 0.858. The number of ether oxygens (including phenoxy) is 1. The molecule has 3 nitrogen and oxygen atoms in total. The normalized spacial score (nSPS) is 20.3. The van der Waals surface area contributed by atoms with Crippen molar-refractivity contribution in [1.29, 1.82) is 0 Å². The van der Waals surface area contributed by atoms with Crippen molar-refractivity contribution in [2.24, 2.45) is 4.99 Å². The van der Waals surface area contributed by atoms with Crippen molar-refractivity contribution in [3.05, 3.63) is 29.8 Å². The first kappa shape index (κ1) is 9.56. The van der Waals surface area contributed by atoms with Gasteiger partial charge in [0.15, 0.2) is 0 Å². The molecule has 0 aliphatic carbocycles. The molecule has 1 atom stereocenters. The molecule has 0 spiro atoms. The Bertz CT molecular complexity index is 348. The molecule has 1 aromatic carbocycles. The minimum absolute atomic E-state index is 0.204. The summed E-state index contributed by atoms with van der Waals surface area (Å²) in [4.78, 5) is 4.93. The van der Waals surface area contributed by atoms with E-state index in [0.717, 1.165) is 12.0 Å². The Morgan fingerprint density at radius 3 is 2.71 bits per heavy atom. The standard InChI is InChI=1S/C10H10NO2Se/c12-9-3-1-7(2-4-9)5-8-6-13-10(14)11-8/h1-4,8,12H,5-6H2/t8-/m0/s1. The average molecular weight is 255 g/mol. The van der Waals surface area contributed by atoms with Gasteiger partial charge in [0.2, 0.25) is 0 Å². The van der Waals surface area contributed by atoms with Crippen LogP contribution in [0.15, 0.2) is 29.3 Å². The quantitative estimate of drug-likeness (QED) is 0.796. The summed E-state index contributed by atoms with van der Waals surface area (Å²) in [5.41, 5.74) is 1.16. The Morgan fingerprint density at radius 2 is 2.14 bits per heavy atom. The molecule has 0 amide bonds. The van der Waals surface area contributed by atoms with Gasteiger partial charge in [-0.15, -0.1) is 0 Å². The third-order valence-corrected chi connectivity index (χ3v) is 2.56. The predicted molar refractivity (Wildman–Crippen MR) is 54.7 cm³/mol. The number of nitrogens with zero attached hydrogens (tertiary/aromatic N) is 1. The van der Waals surface area contributed by atoms with Crippen LogP contribution in [-0.4, -0.2) is 38.6 Å². The molecule has 73 valence electrons. The molecule has 1 heterocycles. The van der Waals surface area contributed by atoms with Crippen LogP contribution in [0.25, 0.3) is 0 Å². The fraction of sp³-hybridized carbons (Fsp3) is 0.300. The van der Waals surface area contributed by atoms with Crippen LogP contribution in [0.5, 0.6) is 5.75 Å². The molecular weight excluding hydrogens is 245 g/mol. The van der Waals surface area contributed by atoms with Gasteiger partial charge in [-0.3, -0.25) is 0 Å². The van der Waals surface area contributed by atoms with Crippen LogP contribution in [0.1, 0.15) is 5.56 Å². The van der Waals surface area contributed by atoms with Gasteiger partial charge in [0.25, 0.3) is 0 Å². The first-order valence-corrected chi connectivity index (χ1v) is 5.25. The zero-order valence-electron chi connectivity index (χ0n) is 7.51. The molecule has 1 N–H and O–H groups in total. The van der Waals surface area contributed by atoms with Crippen molar-refractivity contribution in [3.63, 3.8) is 0 Å². The molecule has 1 aliphatic heterocycles. The molecule has 2 rings (SSSR count). The minimum atomic E-state index is 0.204. The van der Waals surface area contributed by atoms with E-state index < -0.39 is 0 Å². The van der Waals surface area contributed by atoms with E-state index in [1.54, 1.807) is 12.1 Å². The number of phenolic OH excluding ortho intramolecular Hbond substituents is 1. The summed E-state index contributed by atoms with van der Waals surface area (Å²) >= 11 is 2.75. The second-order valence-electron chi connectivity index (χ2n) is 3.23. The van der Waals surface area contributed by atoms with Gasteiger partial charge in [-0.05, 0) is 0 Å². The second-order valence-corrected chi connectivity index (χ2v) is 3.96. The molecule has 1 aromatic rings. The number of aliphatic imine (C=N–C) groups is 1. The summed E-state index contributed by atoms with van der Waals surface area (Å²) in [6.45, 7) is 0.642. The second kappa shape index (κ2) is 4.03. The molecule has 0 bridgehead atoms. The van der Waals surface area contributed by atoms with Crippen molar-refractivity contribution >= 4 is 20.8 Å². The third-order valence-electron chi connectivity index (χ3n) is 2.09. The first-order valence-electron chi connectivity index (χ1n) is 4.39. The van der Waals surface area contributed by atoms with Crippen LogP contribution >= 0.6 is 0 Å². The van der Waals surface area contributed by atoms with Gasteiger partial charge in [0.1, 0.15) is 0 Å². The van der Waals surface area contributed by atoms with Crippen LogP contribution in [0.4, 0.5) is 0 Å². The fourth-order valence-corrected chi connectivity index (χ4v) is 1.86. The summed E-state index contributed by atoms with van der Waals surface area (Å²) < 4.78 is 5.21. The topological polar surface area (TPSA) is 41.8 Å². The Morgan fingerprint density at radius 1 is 1.43 bits per heavy atom. The molecule has 14 heavy (non-hydrogen) atoms. The molecule has 1 radical (unpaired) electrons. The van der Waals surface area contributed by atoms with Crippen LogP contribution in [-0.2, 0) is 11.2 Å². The maximum atomic E-state index is 9.10. The number of hydrogen-bond acceptors (Lipinski definition) is 3. The summed E-state index contributed by atoms with van der Waals surface area (Å²) in [6.07, 6.45) is 0.853. The van der Waals surface area contributed by atoms with Gasteiger partial charge < -0.3 is 0 Å². The molecule has 0 fully saturated rings. The Balaban J connectivity index is 2.01. The number of hydrogen-bond donors (Lipinski definition) is 1. The van der Waals surface area contributed by atoms with Crippen LogP contribution in [0, 0.1) is 0 Å². The van der Waals surface area contributed by atoms with E-state index in [0.29, 0.717) is 17.2 Å². The fourth-order valence-electron chi connectivity index (χ4n) is 1.40. The van der Waals surface area contributed by atoms with E-state index >= 15 is 0 Å². The van der Waals surface area contributed by atoms with Gasteiger partial charge in [-0.25, -0.2) is 0 Å². The zero-order valence-corrected chi connectivity index (χ0v) is 9.22. The van der Waals surface area contributed by atoms with Crippen molar-refractivity contribution in [2.45, 2.75) is 12.5 Å². The zero-order chi connectivity index (χ0) is 9.97. The van der Waals surface area contributed by atoms with E-state index in [1.165, 1.54) is 0 Å². The molecule has 0 aromatic heterocycles. The van der Waals surface area contributed by atoms with Gasteiger partial charge in [-0.1, -0.05) is 0 Å². The Kier molecular flexibility index (Phi) is 2.75. The Labute approximate surface area is 90.6 Å². The number of benzene rings is 1. The maximum absolute atomic E-state index is 9.10. The SMILES string of the molecule is Oc1ccc(C[C@H]2COC([Se])=N2)cc1. The number of aromatic hydroxyl groups is 1. The molecule has 0 unspecified atom stereocenters. The number of rotatable bonds is 2. The molecular formula is C10H10NO2Se. The molecule has 1 aliphatic rings. The van der Waals surface area contributed by atoms with E-state index in [-0.39, 0.29) is 6.04 Å². The van der Waals surface area contributed by atoms with Crippen LogP contribution < -0.4 is 0 Å². The van der Waals surface area contributed by atoms with E-state index in [4.69, 9.17) is 9.84 Å². The summed E-state index contributed by atoms with van der Waals surface area (Å²) in [7, 11) is 0.